The van der Waals surface area contributed by atoms with Gasteiger partial charge in [0.25, 0.3) is 0 Å². The maximum Gasteiger partial charge on any atom is 0.389 e. The van der Waals surface area contributed by atoms with E-state index < -0.39 is 30.5 Å². The van der Waals surface area contributed by atoms with Crippen LogP contribution in [0, 0.1) is 0 Å². The molecular formula is C19H25F3N2O3. The molecule has 1 aromatic rings. The summed E-state index contributed by atoms with van der Waals surface area (Å²) in [5.41, 5.74) is -0.386. The lowest BCUT2D eigenvalue weighted by Crippen LogP contribution is -2.63. The van der Waals surface area contributed by atoms with E-state index in [0.717, 1.165) is 5.56 Å². The molecule has 27 heavy (non-hydrogen) atoms. The number of carbonyl (C=O) groups excluding carboxylic acids is 1. The summed E-state index contributed by atoms with van der Waals surface area (Å²) in [7, 11) is 0. The predicted molar refractivity (Wildman–Crippen MR) is 93.0 cm³/mol. The van der Waals surface area contributed by atoms with Gasteiger partial charge in [-0.2, -0.15) is 13.2 Å². The number of benzene rings is 1. The van der Waals surface area contributed by atoms with Crippen molar-refractivity contribution in [2.75, 3.05) is 39.4 Å². The van der Waals surface area contributed by atoms with Crippen LogP contribution in [0.25, 0.3) is 0 Å². The average molecular weight is 386 g/mol. The number of morpholine rings is 1. The number of likely N-dealkylation sites (tertiary alicyclic amines) is 1. The van der Waals surface area contributed by atoms with Gasteiger partial charge in [0.15, 0.2) is 0 Å². The number of carbonyl (C=O) groups is 1. The zero-order valence-electron chi connectivity index (χ0n) is 15.1. The quantitative estimate of drug-likeness (QED) is 0.862. The van der Waals surface area contributed by atoms with Gasteiger partial charge in [-0.3, -0.25) is 9.69 Å². The number of alkyl halides is 3. The van der Waals surface area contributed by atoms with E-state index in [1.165, 1.54) is 4.90 Å². The molecule has 2 aliphatic heterocycles. The van der Waals surface area contributed by atoms with E-state index in [1.807, 2.05) is 30.3 Å². The summed E-state index contributed by atoms with van der Waals surface area (Å²) in [6.45, 7) is 2.74. The summed E-state index contributed by atoms with van der Waals surface area (Å²) in [6, 6.07) is 8.90. The monoisotopic (exact) mass is 386 g/mol. The van der Waals surface area contributed by atoms with Crippen LogP contribution in [-0.2, 0) is 15.1 Å². The molecule has 2 fully saturated rings. The fourth-order valence-corrected chi connectivity index (χ4v) is 3.93. The Bertz CT molecular complexity index is 635. The van der Waals surface area contributed by atoms with Gasteiger partial charge in [0.1, 0.15) is 5.60 Å². The van der Waals surface area contributed by atoms with E-state index >= 15 is 0 Å². The number of halogens is 3. The van der Waals surface area contributed by atoms with Crippen molar-refractivity contribution in [1.29, 1.82) is 0 Å². The third-order valence-electron chi connectivity index (χ3n) is 5.44. The van der Waals surface area contributed by atoms with Crippen LogP contribution in [0.1, 0.15) is 24.8 Å². The van der Waals surface area contributed by atoms with Crippen molar-refractivity contribution in [3.05, 3.63) is 35.9 Å². The lowest BCUT2D eigenvalue weighted by atomic mass is 9.79. The van der Waals surface area contributed by atoms with Crippen LogP contribution in [0.4, 0.5) is 13.2 Å². The molecule has 3 rings (SSSR count). The number of hydrogen-bond donors (Lipinski definition) is 1. The van der Waals surface area contributed by atoms with Gasteiger partial charge in [0.2, 0.25) is 5.91 Å². The van der Waals surface area contributed by atoms with E-state index in [1.54, 1.807) is 0 Å². The molecule has 8 heteroatoms. The Morgan fingerprint density at radius 1 is 1.19 bits per heavy atom. The standard InChI is InChI=1S/C19H25F3N2O3/c20-19(21,22)7-6-17(25)24-9-8-18(26,15-4-2-1-3-5-15)16(14-24)23-10-12-27-13-11-23/h1-5,16,26H,6-14H2/t16-,18+/m1/s1. The summed E-state index contributed by atoms with van der Waals surface area (Å²) in [5.74, 6) is -0.513. The van der Waals surface area contributed by atoms with Crippen molar-refractivity contribution in [1.82, 2.24) is 9.80 Å². The van der Waals surface area contributed by atoms with Crippen LogP contribution in [0.2, 0.25) is 0 Å². The highest BCUT2D eigenvalue weighted by Crippen LogP contribution is 2.36. The lowest BCUT2D eigenvalue weighted by Gasteiger charge is -2.50. The minimum absolute atomic E-state index is 0.210. The van der Waals surface area contributed by atoms with Gasteiger partial charge in [0.05, 0.1) is 25.7 Å². The van der Waals surface area contributed by atoms with E-state index in [4.69, 9.17) is 4.74 Å². The molecule has 5 nitrogen and oxygen atoms in total. The molecule has 1 amide bonds. The molecular weight excluding hydrogens is 361 g/mol. The molecule has 0 aliphatic carbocycles. The van der Waals surface area contributed by atoms with Gasteiger partial charge in [-0.25, -0.2) is 0 Å². The normalized spacial score (nSPS) is 27.6. The number of rotatable bonds is 4. The van der Waals surface area contributed by atoms with Crippen LogP contribution < -0.4 is 0 Å². The average Bonchev–Trinajstić information content (AvgIpc) is 2.67. The van der Waals surface area contributed by atoms with Crippen molar-refractivity contribution >= 4 is 5.91 Å². The fourth-order valence-electron chi connectivity index (χ4n) is 3.93. The minimum atomic E-state index is -4.35. The molecule has 0 aromatic heterocycles. The van der Waals surface area contributed by atoms with Gasteiger partial charge in [-0.05, 0) is 12.0 Å². The second-order valence-corrected chi connectivity index (χ2v) is 7.16. The summed E-state index contributed by atoms with van der Waals surface area (Å²) in [4.78, 5) is 15.9. The molecule has 0 saturated carbocycles. The second kappa shape index (κ2) is 8.16. The van der Waals surface area contributed by atoms with Gasteiger partial charge >= 0.3 is 6.18 Å². The van der Waals surface area contributed by atoms with Gasteiger partial charge in [-0.1, -0.05) is 30.3 Å². The Morgan fingerprint density at radius 3 is 2.48 bits per heavy atom. The highest BCUT2D eigenvalue weighted by molar-refractivity contribution is 5.76. The predicted octanol–water partition coefficient (Wildman–Crippen LogP) is 2.15. The highest BCUT2D eigenvalue weighted by Gasteiger charge is 2.47. The first-order chi connectivity index (χ1) is 12.8. The lowest BCUT2D eigenvalue weighted by molar-refractivity contribution is -0.157. The van der Waals surface area contributed by atoms with Crippen LogP contribution in [0.3, 0.4) is 0 Å². The van der Waals surface area contributed by atoms with Crippen molar-refractivity contribution < 1.29 is 27.8 Å². The number of nitrogens with zero attached hydrogens (tertiary/aromatic N) is 2. The Hall–Kier alpha value is -1.64. The van der Waals surface area contributed by atoms with Gasteiger partial charge in [-0.15, -0.1) is 0 Å². The first-order valence-electron chi connectivity index (χ1n) is 9.24. The zero-order chi connectivity index (χ0) is 19.5. The van der Waals surface area contributed by atoms with Crippen LogP contribution in [0.5, 0.6) is 0 Å². The van der Waals surface area contributed by atoms with Crippen LogP contribution in [0.15, 0.2) is 30.3 Å². The Balaban J connectivity index is 1.78. The molecule has 1 aromatic carbocycles. The summed E-state index contributed by atoms with van der Waals surface area (Å²) >= 11 is 0. The van der Waals surface area contributed by atoms with Crippen molar-refractivity contribution in [3.63, 3.8) is 0 Å². The van der Waals surface area contributed by atoms with Gasteiger partial charge < -0.3 is 14.7 Å². The number of aliphatic hydroxyl groups is 1. The Kier molecular flexibility index (Phi) is 6.08. The maximum absolute atomic E-state index is 12.5. The Labute approximate surface area is 156 Å². The van der Waals surface area contributed by atoms with E-state index in [9.17, 15) is 23.1 Å². The third-order valence-corrected chi connectivity index (χ3v) is 5.44. The first kappa shape index (κ1) is 20.1. The largest absolute Gasteiger partial charge is 0.389 e. The molecule has 1 N–H and O–H groups in total. The molecule has 2 saturated heterocycles. The molecule has 0 spiro atoms. The molecule has 0 radical (unpaired) electrons. The number of amides is 1. The molecule has 2 aliphatic rings. The highest BCUT2D eigenvalue weighted by atomic mass is 19.4. The van der Waals surface area contributed by atoms with E-state index in [-0.39, 0.29) is 25.6 Å². The van der Waals surface area contributed by atoms with Gasteiger partial charge in [0, 0.05) is 32.6 Å². The topological polar surface area (TPSA) is 53.0 Å². The summed E-state index contributed by atoms with van der Waals surface area (Å²) in [6.07, 6.45) is -5.73. The molecule has 0 unspecified atom stereocenters. The minimum Gasteiger partial charge on any atom is -0.383 e. The summed E-state index contributed by atoms with van der Waals surface area (Å²) < 4.78 is 42.8. The van der Waals surface area contributed by atoms with Crippen molar-refractivity contribution in [3.8, 4) is 0 Å². The fraction of sp³-hybridized carbons (Fsp3) is 0.632. The van der Waals surface area contributed by atoms with Crippen molar-refractivity contribution in [2.24, 2.45) is 0 Å². The Morgan fingerprint density at radius 2 is 1.85 bits per heavy atom. The second-order valence-electron chi connectivity index (χ2n) is 7.16. The first-order valence-corrected chi connectivity index (χ1v) is 9.24. The number of piperidine rings is 1. The van der Waals surface area contributed by atoms with Crippen LogP contribution >= 0.6 is 0 Å². The SMILES string of the molecule is O=C(CCC(F)(F)F)N1CC[C@](O)(c2ccccc2)[C@H](N2CCOCC2)C1. The molecule has 2 atom stereocenters. The van der Waals surface area contributed by atoms with E-state index in [0.29, 0.717) is 26.3 Å². The molecule has 150 valence electrons. The van der Waals surface area contributed by atoms with E-state index in [2.05, 4.69) is 4.90 Å². The third kappa shape index (κ3) is 4.80. The summed E-state index contributed by atoms with van der Waals surface area (Å²) in [5, 5.41) is 11.5. The van der Waals surface area contributed by atoms with Crippen LogP contribution in [-0.4, -0.2) is 72.4 Å². The smallest absolute Gasteiger partial charge is 0.383 e. The number of ether oxygens (including phenoxy) is 1. The molecule has 2 heterocycles. The number of hydrogen-bond acceptors (Lipinski definition) is 4. The molecule has 0 bridgehead atoms. The zero-order valence-corrected chi connectivity index (χ0v) is 15.1. The van der Waals surface area contributed by atoms with Crippen molar-refractivity contribution in [2.45, 2.75) is 37.1 Å². The maximum atomic E-state index is 12.5.